The minimum Gasteiger partial charge on any atom is -0.508 e. The zero-order valence-corrected chi connectivity index (χ0v) is 11.4. The molecule has 0 saturated carbocycles. The number of phenols is 1. The number of nitrogens with zero attached hydrogens (tertiary/aromatic N) is 2. The first-order chi connectivity index (χ1) is 9.75. The van der Waals surface area contributed by atoms with E-state index in [4.69, 9.17) is 0 Å². The molecule has 0 atom stereocenters. The second kappa shape index (κ2) is 5.35. The second-order valence-electron chi connectivity index (χ2n) is 4.82. The minimum atomic E-state index is 0.325. The van der Waals surface area contributed by atoms with E-state index in [0.717, 1.165) is 16.8 Å². The molecule has 3 rings (SSSR count). The molecule has 1 heterocycles. The Morgan fingerprint density at radius 2 is 1.80 bits per heavy atom. The Hall–Kier alpha value is -2.33. The highest BCUT2D eigenvalue weighted by molar-refractivity contribution is 5.81. The third-order valence-corrected chi connectivity index (χ3v) is 3.43. The fourth-order valence-electron chi connectivity index (χ4n) is 2.40. The van der Waals surface area contributed by atoms with Crippen molar-refractivity contribution in [3.63, 3.8) is 0 Å². The number of benzene rings is 2. The van der Waals surface area contributed by atoms with Gasteiger partial charge in [-0.05, 0) is 12.1 Å². The Kier molecular flexibility index (Phi) is 3.39. The van der Waals surface area contributed by atoms with Gasteiger partial charge in [-0.1, -0.05) is 36.4 Å². The van der Waals surface area contributed by atoms with Crippen molar-refractivity contribution in [2.24, 2.45) is 7.05 Å². The van der Waals surface area contributed by atoms with Crippen molar-refractivity contribution in [3.8, 4) is 5.75 Å². The zero-order valence-electron chi connectivity index (χ0n) is 11.4. The molecule has 3 aromatic rings. The van der Waals surface area contributed by atoms with Crippen LogP contribution in [-0.4, -0.2) is 14.9 Å². The Morgan fingerprint density at radius 1 is 1.05 bits per heavy atom. The summed E-state index contributed by atoms with van der Waals surface area (Å²) in [5, 5.41) is 18.8. The number of aryl methyl sites for hydroxylation is 1. The molecule has 0 bridgehead atoms. The number of nitrogens with one attached hydrogen (secondary N) is 1. The molecule has 4 heteroatoms. The summed E-state index contributed by atoms with van der Waals surface area (Å²) in [6.07, 6.45) is 0. The van der Waals surface area contributed by atoms with Gasteiger partial charge in [0.15, 0.2) is 0 Å². The average Bonchev–Trinajstić information content (AvgIpc) is 2.78. The number of rotatable bonds is 4. The van der Waals surface area contributed by atoms with Crippen LogP contribution in [0.25, 0.3) is 10.9 Å². The van der Waals surface area contributed by atoms with E-state index in [1.807, 2.05) is 42.1 Å². The molecule has 0 spiro atoms. The summed E-state index contributed by atoms with van der Waals surface area (Å²) in [6, 6.07) is 15.6. The molecule has 0 radical (unpaired) electrons. The summed E-state index contributed by atoms with van der Waals surface area (Å²) >= 11 is 0. The lowest BCUT2D eigenvalue weighted by Crippen LogP contribution is -2.13. The predicted octanol–water partition coefficient (Wildman–Crippen LogP) is 2.57. The molecule has 0 amide bonds. The lowest BCUT2D eigenvalue weighted by atomic mass is 10.2. The van der Waals surface area contributed by atoms with Gasteiger partial charge in [-0.15, -0.1) is 0 Å². The maximum Gasteiger partial charge on any atom is 0.120 e. The number of phenolic OH excluding ortho intramolecular Hbond substituents is 1. The summed E-state index contributed by atoms with van der Waals surface area (Å²) in [5.74, 6) is 0.325. The van der Waals surface area contributed by atoms with Crippen molar-refractivity contribution < 1.29 is 5.11 Å². The van der Waals surface area contributed by atoms with Crippen LogP contribution in [-0.2, 0) is 20.1 Å². The summed E-state index contributed by atoms with van der Waals surface area (Å²) in [6.45, 7) is 1.30. The van der Waals surface area contributed by atoms with Gasteiger partial charge in [0.2, 0.25) is 0 Å². The lowest BCUT2D eigenvalue weighted by Gasteiger charge is -2.05. The SMILES string of the molecule is Cn1nc(CNCc2ccccc2O)c2ccccc21. The topological polar surface area (TPSA) is 50.1 Å². The third kappa shape index (κ3) is 2.38. The number of para-hydroxylation sites is 2. The van der Waals surface area contributed by atoms with Crippen molar-refractivity contribution in [1.29, 1.82) is 0 Å². The first-order valence-corrected chi connectivity index (χ1v) is 6.64. The van der Waals surface area contributed by atoms with Gasteiger partial charge in [-0.25, -0.2) is 0 Å². The second-order valence-corrected chi connectivity index (χ2v) is 4.82. The fraction of sp³-hybridized carbons (Fsp3) is 0.188. The normalized spacial score (nSPS) is 11.1. The van der Waals surface area contributed by atoms with Crippen LogP contribution in [0.1, 0.15) is 11.3 Å². The highest BCUT2D eigenvalue weighted by Crippen LogP contribution is 2.18. The van der Waals surface area contributed by atoms with Gasteiger partial charge in [0, 0.05) is 31.1 Å². The maximum absolute atomic E-state index is 9.72. The molecular formula is C16H17N3O. The van der Waals surface area contributed by atoms with Gasteiger partial charge in [0.25, 0.3) is 0 Å². The van der Waals surface area contributed by atoms with Gasteiger partial charge in [-0.3, -0.25) is 4.68 Å². The molecule has 0 aliphatic rings. The Labute approximate surface area is 117 Å². The lowest BCUT2D eigenvalue weighted by molar-refractivity contribution is 0.464. The van der Waals surface area contributed by atoms with E-state index in [1.54, 1.807) is 6.07 Å². The first kappa shape index (κ1) is 12.7. The van der Waals surface area contributed by atoms with Crippen molar-refractivity contribution in [1.82, 2.24) is 15.1 Å². The molecule has 2 N–H and O–H groups in total. The van der Waals surface area contributed by atoms with Crippen molar-refractivity contribution in [3.05, 3.63) is 59.8 Å². The van der Waals surface area contributed by atoms with Gasteiger partial charge in [-0.2, -0.15) is 5.10 Å². The van der Waals surface area contributed by atoms with E-state index in [0.29, 0.717) is 18.8 Å². The van der Waals surface area contributed by atoms with Crippen molar-refractivity contribution >= 4 is 10.9 Å². The first-order valence-electron chi connectivity index (χ1n) is 6.64. The molecule has 4 nitrogen and oxygen atoms in total. The summed E-state index contributed by atoms with van der Waals surface area (Å²) < 4.78 is 1.90. The number of fused-ring (bicyclic) bond motifs is 1. The largest absolute Gasteiger partial charge is 0.508 e. The molecule has 1 aromatic heterocycles. The Morgan fingerprint density at radius 3 is 2.65 bits per heavy atom. The third-order valence-electron chi connectivity index (χ3n) is 3.43. The number of aromatic nitrogens is 2. The fourth-order valence-corrected chi connectivity index (χ4v) is 2.40. The van der Waals surface area contributed by atoms with Crippen LogP contribution in [0.15, 0.2) is 48.5 Å². The van der Waals surface area contributed by atoms with Gasteiger partial charge in [0.05, 0.1) is 11.2 Å². The van der Waals surface area contributed by atoms with Crippen LogP contribution < -0.4 is 5.32 Å². The molecule has 0 aliphatic carbocycles. The predicted molar refractivity (Wildman–Crippen MR) is 79.4 cm³/mol. The molecule has 0 unspecified atom stereocenters. The Balaban J connectivity index is 1.73. The van der Waals surface area contributed by atoms with Crippen LogP contribution in [0, 0.1) is 0 Å². The quantitative estimate of drug-likeness (QED) is 0.764. The Bertz CT molecular complexity index is 733. The van der Waals surface area contributed by atoms with Gasteiger partial charge >= 0.3 is 0 Å². The highest BCUT2D eigenvalue weighted by atomic mass is 16.3. The molecule has 0 aliphatic heterocycles. The van der Waals surface area contributed by atoms with Crippen LogP contribution in [0.4, 0.5) is 0 Å². The van der Waals surface area contributed by atoms with Crippen LogP contribution in [0.3, 0.4) is 0 Å². The molecule has 0 saturated heterocycles. The molecular weight excluding hydrogens is 250 g/mol. The summed E-state index contributed by atoms with van der Waals surface area (Å²) in [4.78, 5) is 0. The summed E-state index contributed by atoms with van der Waals surface area (Å²) in [7, 11) is 1.95. The molecule has 0 fully saturated rings. The van der Waals surface area contributed by atoms with E-state index < -0.39 is 0 Å². The standard InChI is InChI=1S/C16H17N3O/c1-19-15-8-4-3-7-13(15)14(18-19)11-17-10-12-6-2-5-9-16(12)20/h2-9,17,20H,10-11H2,1H3. The van der Waals surface area contributed by atoms with E-state index in [-0.39, 0.29) is 0 Å². The average molecular weight is 267 g/mol. The molecule has 2 aromatic carbocycles. The maximum atomic E-state index is 9.72. The van der Waals surface area contributed by atoms with Crippen LogP contribution in [0.2, 0.25) is 0 Å². The van der Waals surface area contributed by atoms with Crippen molar-refractivity contribution in [2.75, 3.05) is 0 Å². The van der Waals surface area contributed by atoms with Crippen molar-refractivity contribution in [2.45, 2.75) is 13.1 Å². The number of hydrogen-bond donors (Lipinski definition) is 2. The number of aromatic hydroxyl groups is 1. The van der Waals surface area contributed by atoms with Crippen LogP contribution >= 0.6 is 0 Å². The smallest absolute Gasteiger partial charge is 0.120 e. The summed E-state index contributed by atoms with van der Waals surface area (Å²) in [5.41, 5.74) is 3.05. The van der Waals surface area contributed by atoms with Crippen LogP contribution in [0.5, 0.6) is 5.75 Å². The zero-order chi connectivity index (χ0) is 13.9. The van der Waals surface area contributed by atoms with E-state index in [9.17, 15) is 5.11 Å². The monoisotopic (exact) mass is 267 g/mol. The highest BCUT2D eigenvalue weighted by Gasteiger charge is 2.07. The van der Waals surface area contributed by atoms with E-state index >= 15 is 0 Å². The van der Waals surface area contributed by atoms with Gasteiger partial charge < -0.3 is 10.4 Å². The number of hydrogen-bond acceptors (Lipinski definition) is 3. The van der Waals surface area contributed by atoms with E-state index in [2.05, 4.69) is 22.5 Å². The molecule has 20 heavy (non-hydrogen) atoms. The molecule has 102 valence electrons. The van der Waals surface area contributed by atoms with Gasteiger partial charge in [0.1, 0.15) is 5.75 Å². The minimum absolute atomic E-state index is 0.325. The van der Waals surface area contributed by atoms with E-state index in [1.165, 1.54) is 5.39 Å².